The van der Waals surface area contributed by atoms with Crippen molar-refractivity contribution in [3.05, 3.63) is 199 Å². The van der Waals surface area contributed by atoms with Crippen LogP contribution >= 0.6 is 67.9 Å². The molecule has 4 amide bonds. The number of benzene rings is 4. The molecule has 0 aliphatic carbocycles. The van der Waals surface area contributed by atoms with Crippen molar-refractivity contribution in [2.45, 2.75) is 25.7 Å². The summed E-state index contributed by atoms with van der Waals surface area (Å²) < 4.78 is 2.11. The largest absolute Gasteiger partial charge is 0.355 e. The van der Waals surface area contributed by atoms with Crippen molar-refractivity contribution in [2.75, 3.05) is 104 Å². The molecule has 0 radical (unpaired) electrons. The molecule has 0 unspecified atom stereocenters. The minimum absolute atomic E-state index is 0. The number of carbonyl (C=O) groups is 4. The molecule has 9 rings (SSSR count). The molecule has 2 aliphatic heterocycles. The average Bonchev–Trinajstić information content (AvgIpc) is 1.73. The molecule has 8 bridgehead atoms. The molecule has 0 atom stereocenters. The van der Waals surface area contributed by atoms with Crippen molar-refractivity contribution in [1.82, 2.24) is 39.1 Å². The monoisotopic (exact) mass is 1490 g/mol. The first-order valence-corrected chi connectivity index (χ1v) is 29.6. The normalized spacial score (nSPS) is 11.8. The minimum atomic E-state index is -0.336. The second-order valence-electron chi connectivity index (χ2n) is 22.6. The SMILES string of the molecule is Br.Br.Br.Br.CN(C)CCC=CC(=O)Nc1ccccc1-c1c(-c2ccccc2NC(=O)C=CCCN(C)C)c2c(-c3ccccc3NC(=O)C=CCCN(C)C)c3nc(cc4ccc(cc5nc(cc1n2-c1ccccc1NC(=O)C=CCCN(C)C)C=C5)[nH]4)C=C3. The predicted octanol–water partition coefficient (Wildman–Crippen LogP) is 15.2. The van der Waals surface area contributed by atoms with Crippen LogP contribution in [0.3, 0.4) is 0 Å². The number of amides is 4. The van der Waals surface area contributed by atoms with E-state index in [1.165, 1.54) is 0 Å². The lowest BCUT2D eigenvalue weighted by Crippen LogP contribution is -2.13. The van der Waals surface area contributed by atoms with Crippen molar-refractivity contribution in [1.29, 1.82) is 0 Å². The number of nitrogens with one attached hydrogen (secondary N) is 5. The van der Waals surface area contributed by atoms with Gasteiger partial charge in [-0.25, -0.2) is 9.97 Å². The maximum absolute atomic E-state index is 14.4. The first-order chi connectivity index (χ1) is 42.6. The zero-order chi connectivity index (χ0) is 62.1. The predicted molar refractivity (Wildman–Crippen MR) is 405 cm³/mol. The Hall–Kier alpha value is -7.92. The van der Waals surface area contributed by atoms with Crippen molar-refractivity contribution in [2.24, 2.45) is 0 Å². The molecule has 92 heavy (non-hydrogen) atoms. The molecule has 2 aliphatic rings. The van der Waals surface area contributed by atoms with Gasteiger partial charge in [0.15, 0.2) is 0 Å². The van der Waals surface area contributed by atoms with E-state index in [1.54, 1.807) is 24.3 Å². The number of anilines is 4. The van der Waals surface area contributed by atoms with Crippen LogP contribution in [0.15, 0.2) is 176 Å². The summed E-state index contributed by atoms with van der Waals surface area (Å²) in [6.07, 6.45) is 24.2. The van der Waals surface area contributed by atoms with Gasteiger partial charge in [-0.3, -0.25) is 19.2 Å². The maximum atomic E-state index is 14.4. The molecule has 0 fully saturated rings. The molecule has 3 aromatic heterocycles. The Morgan fingerprint density at radius 1 is 0.413 bits per heavy atom. The number of H-pyrrole nitrogens is 1. The zero-order valence-corrected chi connectivity index (χ0v) is 60.0. The van der Waals surface area contributed by atoms with Gasteiger partial charge >= 0.3 is 0 Å². The highest BCUT2D eigenvalue weighted by atomic mass is 79.9. The van der Waals surface area contributed by atoms with Crippen molar-refractivity contribution >= 4 is 161 Å². The molecule has 7 aromatic rings. The molecule has 20 heteroatoms. The maximum Gasteiger partial charge on any atom is 0.248 e. The summed E-state index contributed by atoms with van der Waals surface area (Å²) in [5, 5.41) is 13.0. The van der Waals surface area contributed by atoms with Gasteiger partial charge in [0.25, 0.3) is 0 Å². The van der Waals surface area contributed by atoms with Crippen LogP contribution in [0.25, 0.3) is 85.4 Å². The number of para-hydroxylation sites is 5. The van der Waals surface area contributed by atoms with Crippen molar-refractivity contribution in [3.63, 3.8) is 0 Å². The van der Waals surface area contributed by atoms with Crippen LogP contribution in [-0.4, -0.2) is 145 Å². The summed E-state index contributed by atoms with van der Waals surface area (Å²) in [5.41, 5.74) is 11.4. The van der Waals surface area contributed by atoms with E-state index in [0.29, 0.717) is 121 Å². The van der Waals surface area contributed by atoms with Gasteiger partial charge in [-0.15, -0.1) is 67.9 Å². The van der Waals surface area contributed by atoms with Crippen LogP contribution in [-0.2, 0) is 19.2 Å². The van der Waals surface area contributed by atoms with Crippen molar-refractivity contribution < 1.29 is 19.2 Å². The van der Waals surface area contributed by atoms with Crippen LogP contribution < -0.4 is 21.3 Å². The summed E-state index contributed by atoms with van der Waals surface area (Å²) in [6.45, 7) is 3.02. The molecule has 4 aromatic carbocycles. The Bertz CT molecular complexity index is 4080. The number of aromatic amines is 1. The number of fused-ring (bicyclic) bond motifs is 8. The van der Waals surface area contributed by atoms with Gasteiger partial charge in [-0.2, -0.15) is 0 Å². The first kappa shape index (κ1) is 74.8. The third kappa shape index (κ3) is 20.3. The number of rotatable bonds is 24. The van der Waals surface area contributed by atoms with Crippen LogP contribution in [0.4, 0.5) is 22.7 Å². The molecule has 5 heterocycles. The smallest absolute Gasteiger partial charge is 0.248 e. The highest BCUT2D eigenvalue weighted by Crippen LogP contribution is 2.51. The standard InChI is InChI=1S/C72H78N12O4.4BrH/c1-80(2)43-21-17-33-65(85)76-58-28-12-9-25-55(58)69-62-42-41-53(75-62)48-52-38-37-50(73-52)47-51-39-40-54(74-51)49-64-70(56-26-10-13-29-59(56)77-66(86)34-18-22-44-81(3)4)71(57-27-11-14-30-60(57)78-67(87)35-19-23-45-82(5)6)72(69)84(64)63-32-16-15-31-61(63)79-68(88)36-20-24-46-83(7)8;;;;/h9-20,25-42,47-49,73H,21-24,43-46H2,1-8H3,(H,76,85)(H,77,86)(H,78,87)(H,79,88);4*1H. The number of hydrogen-bond acceptors (Lipinski definition) is 10. The highest BCUT2D eigenvalue weighted by molar-refractivity contribution is 8.93. The van der Waals surface area contributed by atoms with Gasteiger partial charge < -0.3 is 50.4 Å². The van der Waals surface area contributed by atoms with Crippen LogP contribution in [0.2, 0.25) is 0 Å². The van der Waals surface area contributed by atoms with Gasteiger partial charge in [0.1, 0.15) is 0 Å². The summed E-state index contributed by atoms with van der Waals surface area (Å²) in [4.78, 5) is 79.9. The van der Waals surface area contributed by atoms with Gasteiger partial charge in [0.05, 0.1) is 45.2 Å². The lowest BCUT2D eigenvalue weighted by molar-refractivity contribution is -0.112. The van der Waals surface area contributed by atoms with Gasteiger partial charge in [0.2, 0.25) is 23.6 Å². The van der Waals surface area contributed by atoms with Crippen molar-refractivity contribution in [3.8, 4) is 39.1 Å². The Labute approximate surface area is 582 Å². The average molecular weight is 1500 g/mol. The van der Waals surface area contributed by atoms with E-state index in [9.17, 15) is 19.2 Å². The summed E-state index contributed by atoms with van der Waals surface area (Å²) >= 11 is 0. The van der Waals surface area contributed by atoms with E-state index in [4.69, 9.17) is 9.97 Å². The van der Waals surface area contributed by atoms with E-state index < -0.39 is 0 Å². The highest BCUT2D eigenvalue weighted by Gasteiger charge is 2.30. The second-order valence-corrected chi connectivity index (χ2v) is 22.6. The third-order valence-electron chi connectivity index (χ3n) is 14.5. The molecule has 0 saturated carbocycles. The fourth-order valence-electron chi connectivity index (χ4n) is 10.3. The Morgan fingerprint density at radius 2 is 0.761 bits per heavy atom. The topological polar surface area (TPSA) is 176 Å². The molecular weight excluding hydrogens is 1420 g/mol. The second kappa shape index (κ2) is 36.4. The molecule has 5 N–H and O–H groups in total. The third-order valence-corrected chi connectivity index (χ3v) is 14.5. The Kier molecular flexibility index (Phi) is 29.6. The molecule has 0 spiro atoms. The van der Waals surface area contributed by atoms with Crippen LogP contribution in [0.1, 0.15) is 48.5 Å². The van der Waals surface area contributed by atoms with Gasteiger partial charge in [-0.05, 0) is 191 Å². The lowest BCUT2D eigenvalue weighted by atomic mass is 9.91. The van der Waals surface area contributed by atoms with E-state index >= 15 is 0 Å². The summed E-state index contributed by atoms with van der Waals surface area (Å²) in [6, 6.07) is 40.6. The minimum Gasteiger partial charge on any atom is -0.355 e. The van der Waals surface area contributed by atoms with Gasteiger partial charge in [0, 0.05) is 87.7 Å². The number of aromatic nitrogens is 4. The Balaban J connectivity index is 0.00000384. The molecule has 0 saturated heterocycles. The molecule has 482 valence electrons. The first-order valence-electron chi connectivity index (χ1n) is 29.6. The van der Waals surface area contributed by atoms with Crippen LogP contribution in [0.5, 0.6) is 0 Å². The Morgan fingerprint density at radius 3 is 1.20 bits per heavy atom. The molecular formula is C72H82Br4N12O4. The van der Waals surface area contributed by atoms with E-state index in [-0.39, 0.29) is 91.6 Å². The number of nitrogens with zero attached hydrogens (tertiary/aromatic N) is 7. The fraction of sp³-hybridized carbons (Fsp3) is 0.222. The summed E-state index contributed by atoms with van der Waals surface area (Å²) in [7, 11) is 15.9. The summed E-state index contributed by atoms with van der Waals surface area (Å²) in [5.74, 6) is -1.33. The van der Waals surface area contributed by atoms with Crippen LogP contribution in [0, 0.1) is 0 Å². The van der Waals surface area contributed by atoms with E-state index in [1.807, 2.05) is 232 Å². The quantitative estimate of drug-likeness (QED) is 0.0366. The van der Waals surface area contributed by atoms with E-state index in [0.717, 1.165) is 37.2 Å². The number of hydrogen-bond donors (Lipinski definition) is 5. The zero-order valence-electron chi connectivity index (χ0n) is 53.1. The number of halogens is 4. The number of carbonyl (C=O) groups excluding carboxylic acids is 4. The molecule has 16 nitrogen and oxygen atoms in total. The van der Waals surface area contributed by atoms with Gasteiger partial charge in [-0.1, -0.05) is 91.0 Å². The fourth-order valence-corrected chi connectivity index (χ4v) is 10.3. The lowest BCUT2D eigenvalue weighted by Gasteiger charge is -2.19. The van der Waals surface area contributed by atoms with E-state index in [2.05, 4.69) is 50.4 Å².